The van der Waals surface area contributed by atoms with Crippen molar-refractivity contribution in [3.63, 3.8) is 0 Å². The Bertz CT molecular complexity index is 1160. The fraction of sp³-hybridized carbons (Fsp3) is 0.385. The van der Waals surface area contributed by atoms with Crippen LogP contribution in [0.2, 0.25) is 5.02 Å². The lowest BCUT2D eigenvalue weighted by Crippen LogP contribution is -2.34. The highest BCUT2D eigenvalue weighted by atomic mass is 35.5. The first-order valence-electron chi connectivity index (χ1n) is 11.6. The van der Waals surface area contributed by atoms with E-state index in [0.717, 1.165) is 24.2 Å². The molecule has 1 aliphatic rings. The molecule has 0 spiro atoms. The highest BCUT2D eigenvalue weighted by Crippen LogP contribution is 2.36. The molecule has 1 heterocycles. The maximum absolute atomic E-state index is 15.3. The number of aromatic nitrogens is 1. The van der Waals surface area contributed by atoms with E-state index in [4.69, 9.17) is 21.1 Å². The summed E-state index contributed by atoms with van der Waals surface area (Å²) in [7, 11) is 2.77. The second kappa shape index (κ2) is 14.1. The van der Waals surface area contributed by atoms with Crippen molar-refractivity contribution in [2.24, 2.45) is 0 Å². The molecule has 3 rings (SSSR count). The maximum Gasteiger partial charge on any atom is 0.334 e. The Morgan fingerprint density at radius 3 is 2.57 bits per heavy atom. The molecule has 1 aliphatic carbocycles. The van der Waals surface area contributed by atoms with Crippen molar-refractivity contribution in [1.29, 1.82) is 0 Å². The van der Waals surface area contributed by atoms with Gasteiger partial charge in [-0.2, -0.15) is 0 Å². The molecule has 0 saturated heterocycles. The number of anilines is 1. The van der Waals surface area contributed by atoms with Gasteiger partial charge in [0.05, 0.1) is 36.7 Å². The molecule has 2 aromatic rings. The van der Waals surface area contributed by atoms with Gasteiger partial charge in [0.25, 0.3) is 5.91 Å². The Morgan fingerprint density at radius 2 is 1.89 bits per heavy atom. The predicted molar refractivity (Wildman–Crippen MR) is 138 cm³/mol. The van der Waals surface area contributed by atoms with Crippen LogP contribution in [-0.2, 0) is 35.1 Å². The molecular formula is C26H28ClFN2O6S. The average Bonchev–Trinajstić information content (AvgIpc) is 2.91. The van der Waals surface area contributed by atoms with Crippen molar-refractivity contribution < 1.29 is 33.0 Å². The number of amides is 1. The molecule has 0 bridgehead atoms. The van der Waals surface area contributed by atoms with Crippen LogP contribution in [-0.4, -0.2) is 56.0 Å². The third-order valence-corrected chi connectivity index (χ3v) is 7.12. The lowest BCUT2D eigenvalue weighted by molar-refractivity contribution is -0.141. The normalized spacial score (nSPS) is 13.3. The second-order valence-corrected chi connectivity index (χ2v) is 9.57. The molecular weight excluding hydrogens is 523 g/mol. The first-order chi connectivity index (χ1) is 17.8. The summed E-state index contributed by atoms with van der Waals surface area (Å²) in [6.45, 7) is 0.297. The van der Waals surface area contributed by atoms with Gasteiger partial charge in [-0.1, -0.05) is 17.7 Å². The summed E-state index contributed by atoms with van der Waals surface area (Å²) in [5.41, 5.74) is 1.21. The second-order valence-electron chi connectivity index (χ2n) is 8.14. The van der Waals surface area contributed by atoms with Crippen molar-refractivity contribution in [3.8, 4) is 0 Å². The van der Waals surface area contributed by atoms with E-state index in [1.165, 1.54) is 25.2 Å². The van der Waals surface area contributed by atoms with Crippen LogP contribution in [0.1, 0.15) is 31.2 Å². The topological polar surface area (TPSA) is 95.0 Å². The van der Waals surface area contributed by atoms with Crippen LogP contribution in [0.15, 0.2) is 52.7 Å². The van der Waals surface area contributed by atoms with E-state index in [1.54, 1.807) is 24.5 Å². The first-order valence-corrected chi connectivity index (χ1v) is 13.0. The van der Waals surface area contributed by atoms with Crippen molar-refractivity contribution in [2.75, 3.05) is 38.1 Å². The summed E-state index contributed by atoms with van der Waals surface area (Å²) in [5, 5.41) is 0.100. The number of nitrogens with zero attached hydrogens (tertiary/aromatic N) is 2. The van der Waals surface area contributed by atoms with Crippen LogP contribution in [0.5, 0.6) is 0 Å². The molecule has 198 valence electrons. The monoisotopic (exact) mass is 550 g/mol. The molecule has 1 aromatic heterocycles. The van der Waals surface area contributed by atoms with Gasteiger partial charge >= 0.3 is 11.9 Å². The number of methoxy groups -OCH3 is 2. The zero-order chi connectivity index (χ0) is 26.8. The van der Waals surface area contributed by atoms with E-state index < -0.39 is 23.7 Å². The summed E-state index contributed by atoms with van der Waals surface area (Å²) < 4.78 is 30.2. The van der Waals surface area contributed by atoms with Crippen LogP contribution >= 0.6 is 23.4 Å². The zero-order valence-electron chi connectivity index (χ0n) is 20.6. The van der Waals surface area contributed by atoms with Crippen molar-refractivity contribution in [2.45, 2.75) is 37.1 Å². The van der Waals surface area contributed by atoms with Gasteiger partial charge in [-0.15, -0.1) is 11.8 Å². The lowest BCUT2D eigenvalue weighted by Gasteiger charge is -2.28. The van der Waals surface area contributed by atoms with E-state index >= 15 is 4.39 Å². The number of pyridine rings is 1. The number of hydrogen-bond acceptors (Lipinski definition) is 8. The van der Waals surface area contributed by atoms with Crippen LogP contribution in [0.3, 0.4) is 0 Å². The van der Waals surface area contributed by atoms with Gasteiger partial charge in [0.2, 0.25) is 0 Å². The average molecular weight is 551 g/mol. The SMILES string of the molecule is COCCOC(=O)C1=C(C(=O)N(Cc2cccnc2)c2cc(SCC(=O)OC)c(Cl)cc2F)CCCC1. The van der Waals surface area contributed by atoms with Gasteiger partial charge in [-0.3, -0.25) is 14.6 Å². The largest absolute Gasteiger partial charge is 0.468 e. The fourth-order valence-corrected chi connectivity index (χ4v) is 4.90. The third kappa shape index (κ3) is 7.77. The number of benzene rings is 1. The number of carbonyl (C=O) groups excluding carboxylic acids is 3. The van der Waals surface area contributed by atoms with Gasteiger partial charge in [-0.05, 0) is 49.4 Å². The minimum Gasteiger partial charge on any atom is -0.468 e. The summed E-state index contributed by atoms with van der Waals surface area (Å²) in [4.78, 5) is 44.2. The zero-order valence-corrected chi connectivity index (χ0v) is 22.2. The van der Waals surface area contributed by atoms with E-state index in [1.807, 2.05) is 0 Å². The molecule has 37 heavy (non-hydrogen) atoms. The van der Waals surface area contributed by atoms with Crippen LogP contribution in [0.25, 0.3) is 0 Å². The summed E-state index contributed by atoms with van der Waals surface area (Å²) >= 11 is 7.31. The Morgan fingerprint density at radius 1 is 1.14 bits per heavy atom. The smallest absolute Gasteiger partial charge is 0.334 e. The van der Waals surface area contributed by atoms with E-state index in [2.05, 4.69) is 9.72 Å². The van der Waals surface area contributed by atoms with E-state index in [9.17, 15) is 14.4 Å². The molecule has 1 aromatic carbocycles. The van der Waals surface area contributed by atoms with Crippen molar-refractivity contribution >= 4 is 46.9 Å². The number of thioether (sulfide) groups is 1. The molecule has 8 nitrogen and oxygen atoms in total. The number of carbonyl (C=O) groups is 3. The molecule has 0 saturated carbocycles. The Hall–Kier alpha value is -2.95. The highest BCUT2D eigenvalue weighted by molar-refractivity contribution is 8.00. The standard InChI is InChI=1S/C26H28ClFN2O6S/c1-34-10-11-36-26(33)19-8-4-3-7-18(19)25(32)30(15-17-6-5-9-29-14-17)22-13-23(20(27)12-21(22)28)37-16-24(31)35-2/h5-6,9,12-14H,3-4,7-8,10-11,15-16H2,1-2H3. The Labute approximate surface area is 224 Å². The van der Waals surface area contributed by atoms with Gasteiger partial charge in [0.15, 0.2) is 0 Å². The van der Waals surface area contributed by atoms with Crippen LogP contribution in [0, 0.1) is 5.82 Å². The minimum absolute atomic E-state index is 0.00182. The molecule has 0 fully saturated rings. The molecule has 0 atom stereocenters. The third-order valence-electron chi connectivity index (χ3n) is 5.67. The van der Waals surface area contributed by atoms with E-state index in [-0.39, 0.29) is 41.8 Å². The molecule has 0 unspecified atom stereocenters. The van der Waals surface area contributed by atoms with Crippen molar-refractivity contribution in [3.05, 3.63) is 64.2 Å². The van der Waals surface area contributed by atoms with E-state index in [0.29, 0.717) is 35.3 Å². The fourth-order valence-electron chi connectivity index (χ4n) is 3.81. The van der Waals surface area contributed by atoms with Crippen LogP contribution in [0.4, 0.5) is 10.1 Å². The number of halogens is 2. The number of hydrogen-bond donors (Lipinski definition) is 0. The number of esters is 2. The highest BCUT2D eigenvalue weighted by Gasteiger charge is 2.30. The van der Waals surface area contributed by atoms with Gasteiger partial charge in [-0.25, -0.2) is 9.18 Å². The van der Waals surface area contributed by atoms with Gasteiger partial charge in [0, 0.05) is 35.5 Å². The lowest BCUT2D eigenvalue weighted by atomic mass is 9.90. The molecule has 0 N–H and O–H groups in total. The molecule has 0 radical (unpaired) electrons. The summed E-state index contributed by atoms with van der Waals surface area (Å²) in [6.07, 6.45) is 5.36. The Kier molecular flexibility index (Phi) is 10.9. The first kappa shape index (κ1) is 28.6. The molecule has 0 aliphatic heterocycles. The van der Waals surface area contributed by atoms with Crippen LogP contribution < -0.4 is 4.90 Å². The quantitative estimate of drug-likeness (QED) is 0.225. The predicted octanol–water partition coefficient (Wildman–Crippen LogP) is 4.73. The summed E-state index contributed by atoms with van der Waals surface area (Å²) in [5.74, 6) is -2.32. The number of rotatable bonds is 11. The summed E-state index contributed by atoms with van der Waals surface area (Å²) in [6, 6.07) is 6.02. The molecule has 1 amide bonds. The maximum atomic E-state index is 15.3. The minimum atomic E-state index is -0.717. The Balaban J connectivity index is 2.03. The number of ether oxygens (including phenoxy) is 3. The molecule has 11 heteroatoms. The van der Waals surface area contributed by atoms with Crippen molar-refractivity contribution in [1.82, 2.24) is 4.98 Å². The van der Waals surface area contributed by atoms with Gasteiger partial charge < -0.3 is 19.1 Å². The van der Waals surface area contributed by atoms with Gasteiger partial charge in [0.1, 0.15) is 12.4 Å².